The van der Waals surface area contributed by atoms with Gasteiger partial charge in [-0.15, -0.1) is 0 Å². The summed E-state index contributed by atoms with van der Waals surface area (Å²) in [6.45, 7) is 10.9. The molecule has 1 saturated heterocycles. The van der Waals surface area contributed by atoms with Gasteiger partial charge in [-0.3, -0.25) is 9.59 Å². The monoisotopic (exact) mass is 489 g/mol. The second kappa shape index (κ2) is 11.0. The number of aryl methyl sites for hydroxylation is 1. The maximum atomic E-state index is 13.2. The predicted molar refractivity (Wildman–Crippen MR) is 135 cm³/mol. The molecule has 1 saturated carbocycles. The van der Waals surface area contributed by atoms with Crippen LogP contribution in [0, 0.1) is 17.8 Å². The maximum absolute atomic E-state index is 13.2. The molecular formula is C28H43NO6. The Labute approximate surface area is 208 Å². The minimum absolute atomic E-state index is 0.0146. The fourth-order valence-electron chi connectivity index (χ4n) is 5.78. The summed E-state index contributed by atoms with van der Waals surface area (Å²) in [6.07, 6.45) is 5.01. The molecule has 196 valence electrons. The molecule has 1 aromatic heterocycles. The average molecular weight is 490 g/mol. The third kappa shape index (κ3) is 5.73. The van der Waals surface area contributed by atoms with Crippen LogP contribution >= 0.6 is 0 Å². The number of rotatable bonds is 7. The Bertz CT molecular complexity index is 1010. The Morgan fingerprint density at radius 3 is 2.63 bits per heavy atom. The Hall–Kier alpha value is -1.96. The first-order valence-electron chi connectivity index (χ1n) is 13.1. The van der Waals surface area contributed by atoms with Gasteiger partial charge in [-0.25, -0.2) is 0 Å². The number of ketones is 1. The van der Waals surface area contributed by atoms with Crippen LogP contribution in [0.2, 0.25) is 0 Å². The van der Waals surface area contributed by atoms with Gasteiger partial charge in [-0.2, -0.15) is 0 Å². The molecule has 0 unspecified atom stereocenters. The second-order valence-corrected chi connectivity index (χ2v) is 11.1. The number of Topliss-reactive ketones (excluding diaryl/α,β-unsaturated/α-hetero) is 1. The summed E-state index contributed by atoms with van der Waals surface area (Å²) >= 11 is 0. The molecule has 3 rings (SSSR count). The molecule has 7 heteroatoms. The van der Waals surface area contributed by atoms with Crippen molar-refractivity contribution < 1.29 is 24.9 Å². The third-order valence-corrected chi connectivity index (χ3v) is 8.11. The fourth-order valence-corrected chi connectivity index (χ4v) is 5.78. The number of nitrogens with zero attached hydrogens (tertiary/aromatic N) is 1. The van der Waals surface area contributed by atoms with Gasteiger partial charge < -0.3 is 24.6 Å². The standard InChI is InChI=1S/C28H43NO6/c1-7-16(2)12-17(3)13-19(5)26-18(4)8-9-22(35-26)24-25(32)21(15-29(6)27(24)33)28(34)11-10-20(30)14-23(28)31/h13,15-18,22-23,26,31-32,34H,7-12,14H2,1-6H3/b19-13+/t16-,17+,18-,22+,23+,26-,28+/m1/s1. The third-order valence-electron chi connectivity index (χ3n) is 8.11. The molecule has 1 aromatic rings. The van der Waals surface area contributed by atoms with Gasteiger partial charge in [-0.1, -0.05) is 40.2 Å². The van der Waals surface area contributed by atoms with E-state index in [-0.39, 0.29) is 59.5 Å². The van der Waals surface area contributed by atoms with Crippen LogP contribution in [0.4, 0.5) is 0 Å². The van der Waals surface area contributed by atoms with Crippen LogP contribution in [0.3, 0.4) is 0 Å². The topological polar surface area (TPSA) is 109 Å². The van der Waals surface area contributed by atoms with Gasteiger partial charge in [0.2, 0.25) is 0 Å². The summed E-state index contributed by atoms with van der Waals surface area (Å²) in [5.74, 6) is 0.849. The van der Waals surface area contributed by atoms with E-state index in [9.17, 15) is 24.9 Å². The molecule has 7 nitrogen and oxygen atoms in total. The van der Waals surface area contributed by atoms with E-state index in [1.165, 1.54) is 10.8 Å². The van der Waals surface area contributed by atoms with Crippen LogP contribution in [0.15, 0.2) is 22.6 Å². The Morgan fingerprint density at radius 2 is 2.00 bits per heavy atom. The number of aromatic hydroxyl groups is 1. The van der Waals surface area contributed by atoms with Gasteiger partial charge in [0.15, 0.2) is 0 Å². The van der Waals surface area contributed by atoms with Crippen molar-refractivity contribution in [1.29, 1.82) is 0 Å². The minimum Gasteiger partial charge on any atom is -0.507 e. The summed E-state index contributed by atoms with van der Waals surface area (Å²) < 4.78 is 7.79. The molecule has 0 aromatic carbocycles. The van der Waals surface area contributed by atoms with E-state index >= 15 is 0 Å². The number of aliphatic hydroxyl groups is 2. The Kier molecular flexibility index (Phi) is 8.66. The number of ether oxygens (including phenoxy) is 1. The van der Waals surface area contributed by atoms with Crippen LogP contribution < -0.4 is 5.56 Å². The highest BCUT2D eigenvalue weighted by Crippen LogP contribution is 2.45. The van der Waals surface area contributed by atoms with Gasteiger partial charge in [0.1, 0.15) is 17.1 Å². The highest BCUT2D eigenvalue weighted by atomic mass is 16.5. The molecule has 2 fully saturated rings. The van der Waals surface area contributed by atoms with Gasteiger partial charge in [0.25, 0.3) is 5.56 Å². The molecule has 0 spiro atoms. The first-order valence-corrected chi connectivity index (χ1v) is 13.1. The van der Waals surface area contributed by atoms with E-state index in [0.717, 1.165) is 24.8 Å². The van der Waals surface area contributed by atoms with Crippen molar-refractivity contribution in [2.75, 3.05) is 0 Å². The SMILES string of the molecule is CC[C@@H](C)C[C@H](C)/C=C(\C)[C@@H]1O[C@H](c2c(O)c([C@@]3(O)CCC(=O)C[C@@H]3O)cn(C)c2=O)CC[C@H]1C. The van der Waals surface area contributed by atoms with E-state index in [1.54, 1.807) is 7.05 Å². The number of hydrogen-bond donors (Lipinski definition) is 3. The molecule has 2 aliphatic rings. The van der Waals surface area contributed by atoms with Crippen molar-refractivity contribution in [3.8, 4) is 5.75 Å². The quantitative estimate of drug-likeness (QED) is 0.494. The first-order chi connectivity index (χ1) is 16.4. The normalized spacial score (nSPS) is 31.9. The van der Waals surface area contributed by atoms with E-state index in [0.29, 0.717) is 18.3 Å². The summed E-state index contributed by atoms with van der Waals surface area (Å²) in [6, 6.07) is 0. The summed E-state index contributed by atoms with van der Waals surface area (Å²) in [5.41, 5.74) is -0.879. The number of hydrogen-bond acceptors (Lipinski definition) is 6. The minimum atomic E-state index is -1.80. The zero-order valence-corrected chi connectivity index (χ0v) is 22.1. The second-order valence-electron chi connectivity index (χ2n) is 11.1. The van der Waals surface area contributed by atoms with E-state index < -0.39 is 17.8 Å². The van der Waals surface area contributed by atoms with Crippen molar-refractivity contribution >= 4 is 5.78 Å². The van der Waals surface area contributed by atoms with Crippen LogP contribution in [0.25, 0.3) is 0 Å². The lowest BCUT2D eigenvalue weighted by atomic mass is 9.76. The molecule has 0 amide bonds. The molecular weight excluding hydrogens is 446 g/mol. The van der Waals surface area contributed by atoms with Crippen molar-refractivity contribution in [1.82, 2.24) is 4.57 Å². The first kappa shape index (κ1) is 27.6. The van der Waals surface area contributed by atoms with Crippen molar-refractivity contribution in [3.63, 3.8) is 0 Å². The van der Waals surface area contributed by atoms with Crippen molar-refractivity contribution in [2.24, 2.45) is 24.8 Å². The molecule has 0 bridgehead atoms. The summed E-state index contributed by atoms with van der Waals surface area (Å²) in [7, 11) is 1.56. The number of pyridine rings is 1. The van der Waals surface area contributed by atoms with E-state index in [2.05, 4.69) is 40.7 Å². The van der Waals surface area contributed by atoms with Crippen LogP contribution in [0.5, 0.6) is 5.75 Å². The Balaban J connectivity index is 1.95. The van der Waals surface area contributed by atoms with E-state index in [4.69, 9.17) is 4.74 Å². The molecule has 35 heavy (non-hydrogen) atoms. The highest BCUT2D eigenvalue weighted by molar-refractivity contribution is 5.80. The number of carbonyl (C=O) groups excluding carboxylic acids is 1. The lowest BCUT2D eigenvalue weighted by molar-refractivity contribution is -0.143. The largest absolute Gasteiger partial charge is 0.507 e. The van der Waals surface area contributed by atoms with Crippen LogP contribution in [0.1, 0.15) is 96.8 Å². The highest BCUT2D eigenvalue weighted by Gasteiger charge is 2.46. The number of aliphatic hydroxyl groups excluding tert-OH is 1. The van der Waals surface area contributed by atoms with E-state index in [1.807, 2.05) is 0 Å². The average Bonchev–Trinajstić information content (AvgIpc) is 2.79. The van der Waals surface area contributed by atoms with Crippen LogP contribution in [-0.2, 0) is 22.2 Å². The smallest absolute Gasteiger partial charge is 0.259 e. The van der Waals surface area contributed by atoms with Crippen molar-refractivity contribution in [2.45, 2.75) is 103 Å². The Morgan fingerprint density at radius 1 is 1.31 bits per heavy atom. The summed E-state index contributed by atoms with van der Waals surface area (Å²) in [5, 5.41) is 33.1. The molecule has 7 atom stereocenters. The van der Waals surface area contributed by atoms with Gasteiger partial charge in [0.05, 0.1) is 23.9 Å². The molecule has 1 aliphatic carbocycles. The number of allylic oxidation sites excluding steroid dienone is 1. The van der Waals surface area contributed by atoms with Gasteiger partial charge in [0, 0.05) is 31.6 Å². The predicted octanol–water partition coefficient (Wildman–Crippen LogP) is 4.27. The van der Waals surface area contributed by atoms with Crippen LogP contribution in [-0.4, -0.2) is 37.9 Å². The molecule has 0 radical (unpaired) electrons. The zero-order valence-electron chi connectivity index (χ0n) is 22.1. The lowest BCUT2D eigenvalue weighted by Gasteiger charge is -2.39. The maximum Gasteiger partial charge on any atom is 0.259 e. The molecule has 3 N–H and O–H groups in total. The lowest BCUT2D eigenvalue weighted by Crippen LogP contribution is -2.46. The fraction of sp³-hybridized carbons (Fsp3) is 0.714. The van der Waals surface area contributed by atoms with Crippen molar-refractivity contribution in [3.05, 3.63) is 39.3 Å². The number of aromatic nitrogens is 1. The zero-order chi connectivity index (χ0) is 26.1. The van der Waals surface area contributed by atoms with Gasteiger partial charge >= 0.3 is 0 Å². The molecule has 1 aliphatic heterocycles. The summed E-state index contributed by atoms with van der Waals surface area (Å²) in [4.78, 5) is 24.9. The van der Waals surface area contributed by atoms with Gasteiger partial charge in [-0.05, 0) is 55.9 Å². The number of carbonyl (C=O) groups is 1. The molecule has 2 heterocycles.